The first-order valence-corrected chi connectivity index (χ1v) is 4.72. The first kappa shape index (κ1) is 9.15. The van der Waals surface area contributed by atoms with Crippen LogP contribution < -0.4 is 0 Å². The van der Waals surface area contributed by atoms with Crippen LogP contribution in [0, 0.1) is 6.92 Å². The summed E-state index contributed by atoms with van der Waals surface area (Å²) in [7, 11) is 0. The molecule has 0 aliphatic heterocycles. The zero-order valence-corrected chi connectivity index (χ0v) is 8.44. The molecule has 0 aliphatic rings. The molecule has 2 rings (SSSR count). The van der Waals surface area contributed by atoms with E-state index in [0.29, 0.717) is 5.88 Å². The Hall–Kier alpha value is -1.42. The first-order chi connectivity index (χ1) is 6.79. The van der Waals surface area contributed by atoms with E-state index >= 15 is 0 Å². The summed E-state index contributed by atoms with van der Waals surface area (Å²) < 4.78 is 1.66. The minimum absolute atomic E-state index is 0.374. The van der Waals surface area contributed by atoms with E-state index in [1.165, 1.54) is 0 Å². The molecule has 2 aromatic heterocycles. The molecule has 4 nitrogen and oxygen atoms in total. The maximum absolute atomic E-state index is 5.63. The van der Waals surface area contributed by atoms with Crippen LogP contribution in [0.2, 0.25) is 0 Å². The highest BCUT2D eigenvalue weighted by atomic mass is 35.5. The third kappa shape index (κ3) is 1.75. The van der Waals surface area contributed by atoms with Crippen LogP contribution in [0.4, 0.5) is 0 Å². The van der Waals surface area contributed by atoms with Crippen molar-refractivity contribution >= 4 is 11.6 Å². The second-order valence-corrected chi connectivity index (χ2v) is 3.28. The molecule has 0 unspecified atom stereocenters. The zero-order chi connectivity index (χ0) is 9.97. The summed E-state index contributed by atoms with van der Waals surface area (Å²) in [6.45, 7) is 1.98. The minimum atomic E-state index is 0.374. The second-order valence-electron chi connectivity index (χ2n) is 3.01. The molecule has 0 atom stereocenters. The molecule has 0 bridgehead atoms. The largest absolute Gasteiger partial charge is 0.262 e. The van der Waals surface area contributed by atoms with Crippen LogP contribution >= 0.6 is 11.6 Å². The van der Waals surface area contributed by atoms with Crippen molar-refractivity contribution in [3.05, 3.63) is 35.9 Å². The number of alkyl halides is 1. The molecule has 0 spiro atoms. The van der Waals surface area contributed by atoms with Crippen molar-refractivity contribution in [1.29, 1.82) is 0 Å². The lowest BCUT2D eigenvalue weighted by Gasteiger charge is -1.99. The number of halogens is 1. The monoisotopic (exact) mass is 208 g/mol. The van der Waals surface area contributed by atoms with Gasteiger partial charge >= 0.3 is 0 Å². The molecule has 0 amide bonds. The average Bonchev–Trinajstić information content (AvgIpc) is 2.66. The van der Waals surface area contributed by atoms with Gasteiger partial charge in [-0.15, -0.1) is 16.7 Å². The predicted octanol–water partition coefficient (Wildman–Crippen LogP) is 1.71. The smallest absolute Gasteiger partial charge is 0.0979 e. The summed E-state index contributed by atoms with van der Waals surface area (Å²) in [5, 5.41) is 7.83. The van der Waals surface area contributed by atoms with Gasteiger partial charge in [-0.3, -0.25) is 4.98 Å². The maximum atomic E-state index is 5.63. The van der Waals surface area contributed by atoms with Crippen molar-refractivity contribution < 1.29 is 0 Å². The van der Waals surface area contributed by atoms with E-state index in [9.17, 15) is 0 Å². The molecule has 0 saturated carbocycles. The number of hydrogen-bond donors (Lipinski definition) is 0. The quantitative estimate of drug-likeness (QED) is 0.706. The SMILES string of the molecule is Cc1cncc(-n2cc(CCl)nn2)c1. The number of pyridine rings is 1. The van der Waals surface area contributed by atoms with Crippen molar-refractivity contribution in [2.24, 2.45) is 0 Å². The van der Waals surface area contributed by atoms with Crippen LogP contribution in [0.5, 0.6) is 0 Å². The second kappa shape index (κ2) is 3.75. The lowest BCUT2D eigenvalue weighted by atomic mass is 10.3. The van der Waals surface area contributed by atoms with Gasteiger partial charge in [0.1, 0.15) is 0 Å². The van der Waals surface area contributed by atoms with Gasteiger partial charge in [0.15, 0.2) is 0 Å². The standard InChI is InChI=1S/C9H9ClN4/c1-7-2-9(5-11-4-7)14-6-8(3-10)12-13-14/h2,4-6H,3H2,1H3. The number of rotatable bonds is 2. The Labute approximate surface area is 86.5 Å². The van der Waals surface area contributed by atoms with E-state index in [2.05, 4.69) is 15.3 Å². The van der Waals surface area contributed by atoms with Crippen molar-refractivity contribution in [2.75, 3.05) is 0 Å². The van der Waals surface area contributed by atoms with Crippen LogP contribution in [0.15, 0.2) is 24.7 Å². The Morgan fingerprint density at radius 3 is 2.93 bits per heavy atom. The topological polar surface area (TPSA) is 43.6 Å². The van der Waals surface area contributed by atoms with Crippen molar-refractivity contribution in [1.82, 2.24) is 20.0 Å². The molecule has 72 valence electrons. The van der Waals surface area contributed by atoms with Crippen LogP contribution in [-0.4, -0.2) is 20.0 Å². The number of aromatic nitrogens is 4. The molecular weight excluding hydrogens is 200 g/mol. The highest BCUT2D eigenvalue weighted by Crippen LogP contribution is 2.07. The lowest BCUT2D eigenvalue weighted by molar-refractivity contribution is 0.795. The first-order valence-electron chi connectivity index (χ1n) is 4.19. The van der Waals surface area contributed by atoms with Gasteiger partial charge in [-0.1, -0.05) is 5.21 Å². The molecule has 0 radical (unpaired) electrons. The van der Waals surface area contributed by atoms with Gasteiger partial charge in [0.25, 0.3) is 0 Å². The van der Waals surface area contributed by atoms with E-state index in [0.717, 1.165) is 16.9 Å². The summed E-state index contributed by atoms with van der Waals surface area (Å²) in [6.07, 6.45) is 5.33. The van der Waals surface area contributed by atoms with Crippen LogP contribution in [-0.2, 0) is 5.88 Å². The van der Waals surface area contributed by atoms with Crippen molar-refractivity contribution in [3.8, 4) is 5.69 Å². The Morgan fingerprint density at radius 1 is 1.43 bits per heavy atom. The van der Waals surface area contributed by atoms with Gasteiger partial charge in [0, 0.05) is 6.20 Å². The summed E-state index contributed by atoms with van der Waals surface area (Å²) in [5.74, 6) is 0.374. The molecule has 0 saturated heterocycles. The van der Waals surface area contributed by atoms with Gasteiger partial charge in [0.05, 0.1) is 29.7 Å². The predicted molar refractivity (Wildman–Crippen MR) is 53.4 cm³/mol. The number of nitrogens with zero attached hydrogens (tertiary/aromatic N) is 4. The van der Waals surface area contributed by atoms with Crippen LogP contribution in [0.25, 0.3) is 5.69 Å². The highest BCUT2D eigenvalue weighted by Gasteiger charge is 2.01. The molecule has 0 N–H and O–H groups in total. The van der Waals surface area contributed by atoms with Gasteiger partial charge in [-0.2, -0.15) is 0 Å². The molecular formula is C9H9ClN4. The van der Waals surface area contributed by atoms with E-state index in [1.54, 1.807) is 23.3 Å². The molecule has 14 heavy (non-hydrogen) atoms. The Morgan fingerprint density at radius 2 is 2.29 bits per heavy atom. The fraction of sp³-hybridized carbons (Fsp3) is 0.222. The minimum Gasteiger partial charge on any atom is -0.262 e. The van der Waals surface area contributed by atoms with E-state index in [4.69, 9.17) is 11.6 Å². The summed E-state index contributed by atoms with van der Waals surface area (Å²) in [4.78, 5) is 4.07. The van der Waals surface area contributed by atoms with Gasteiger partial charge in [-0.25, -0.2) is 4.68 Å². The maximum Gasteiger partial charge on any atom is 0.0979 e. The summed E-state index contributed by atoms with van der Waals surface area (Å²) in [5.41, 5.74) is 2.74. The van der Waals surface area contributed by atoms with Gasteiger partial charge in [-0.05, 0) is 18.6 Å². The molecule has 5 heteroatoms. The third-order valence-electron chi connectivity index (χ3n) is 1.80. The average molecular weight is 209 g/mol. The number of hydrogen-bond acceptors (Lipinski definition) is 3. The van der Waals surface area contributed by atoms with Crippen LogP contribution in [0.1, 0.15) is 11.3 Å². The van der Waals surface area contributed by atoms with Crippen LogP contribution in [0.3, 0.4) is 0 Å². The zero-order valence-electron chi connectivity index (χ0n) is 7.68. The fourth-order valence-corrected chi connectivity index (χ4v) is 1.27. The highest BCUT2D eigenvalue weighted by molar-refractivity contribution is 6.16. The summed E-state index contributed by atoms with van der Waals surface area (Å²) in [6, 6.07) is 1.99. The molecule has 0 aliphatic carbocycles. The van der Waals surface area contributed by atoms with Crippen molar-refractivity contribution in [2.45, 2.75) is 12.8 Å². The Kier molecular flexibility index (Phi) is 2.45. The number of aryl methyl sites for hydroxylation is 1. The van der Waals surface area contributed by atoms with Gasteiger partial charge in [0.2, 0.25) is 0 Å². The Balaban J connectivity index is 2.39. The molecule has 0 aromatic carbocycles. The van der Waals surface area contributed by atoms with E-state index in [1.807, 2.05) is 13.0 Å². The Bertz CT molecular complexity index is 438. The van der Waals surface area contributed by atoms with Gasteiger partial charge < -0.3 is 0 Å². The summed E-state index contributed by atoms with van der Waals surface area (Å²) >= 11 is 5.63. The van der Waals surface area contributed by atoms with E-state index < -0.39 is 0 Å². The van der Waals surface area contributed by atoms with Crippen molar-refractivity contribution in [3.63, 3.8) is 0 Å². The third-order valence-corrected chi connectivity index (χ3v) is 2.08. The normalized spacial score (nSPS) is 10.4. The lowest BCUT2D eigenvalue weighted by Crippen LogP contribution is -1.95. The molecule has 2 aromatic rings. The van der Waals surface area contributed by atoms with E-state index in [-0.39, 0.29) is 0 Å². The fourth-order valence-electron chi connectivity index (χ4n) is 1.15. The molecule has 2 heterocycles. The molecule has 0 fully saturated rings.